The SMILES string of the molecule is COC[C@H](C)n1c(C)cc(C(=O)CSc2n[nH]c(-c3ccc(C)cc3)n2)c1C. The molecule has 3 rings (SSSR count). The minimum absolute atomic E-state index is 0.0793. The number of nitrogens with one attached hydrogen (secondary N) is 1. The number of aromatic amines is 1. The highest BCUT2D eigenvalue weighted by molar-refractivity contribution is 7.99. The molecule has 28 heavy (non-hydrogen) atoms. The molecule has 2 heterocycles. The molecule has 0 spiro atoms. The quantitative estimate of drug-likeness (QED) is 0.450. The Morgan fingerprint density at radius 3 is 2.64 bits per heavy atom. The van der Waals surface area contributed by atoms with Crippen LogP contribution in [0.5, 0.6) is 0 Å². The minimum Gasteiger partial charge on any atom is -0.383 e. The third-order valence-electron chi connectivity index (χ3n) is 4.76. The number of thioether (sulfide) groups is 1. The molecule has 0 saturated carbocycles. The molecule has 0 bridgehead atoms. The second-order valence-electron chi connectivity index (χ2n) is 7.00. The van der Waals surface area contributed by atoms with Gasteiger partial charge >= 0.3 is 0 Å². The van der Waals surface area contributed by atoms with Crippen LogP contribution in [0.2, 0.25) is 0 Å². The molecule has 0 aliphatic heterocycles. The standard InChI is InChI=1S/C21H26N4O2S/c1-13-6-8-17(9-7-13)20-22-21(24-23-20)28-12-19(26)18-10-14(2)25(16(18)4)15(3)11-27-5/h6-10,15H,11-12H2,1-5H3,(H,22,23,24)/t15-/m0/s1. The molecule has 6 nitrogen and oxygen atoms in total. The maximum atomic E-state index is 12.8. The van der Waals surface area contributed by atoms with Gasteiger partial charge in [-0.1, -0.05) is 41.6 Å². The number of benzene rings is 1. The van der Waals surface area contributed by atoms with E-state index in [9.17, 15) is 4.79 Å². The van der Waals surface area contributed by atoms with Crippen molar-refractivity contribution in [2.45, 2.75) is 38.9 Å². The van der Waals surface area contributed by atoms with Crippen LogP contribution in [0, 0.1) is 20.8 Å². The van der Waals surface area contributed by atoms with E-state index in [0.29, 0.717) is 23.3 Å². The monoisotopic (exact) mass is 398 g/mol. The number of hydrogen-bond donors (Lipinski definition) is 1. The van der Waals surface area contributed by atoms with Crippen molar-refractivity contribution in [3.05, 3.63) is 52.8 Å². The third-order valence-corrected chi connectivity index (χ3v) is 5.60. The fraction of sp³-hybridized carbons (Fsp3) is 0.381. The van der Waals surface area contributed by atoms with Gasteiger partial charge in [-0.25, -0.2) is 4.98 Å². The normalized spacial score (nSPS) is 12.3. The van der Waals surface area contributed by atoms with Crippen molar-refractivity contribution in [3.63, 3.8) is 0 Å². The molecular formula is C21H26N4O2S. The Hall–Kier alpha value is -2.38. The molecule has 148 valence electrons. The first-order chi connectivity index (χ1) is 13.4. The molecule has 0 radical (unpaired) electrons. The zero-order valence-corrected chi connectivity index (χ0v) is 17.8. The molecule has 3 aromatic rings. The molecule has 0 amide bonds. The molecule has 1 N–H and O–H groups in total. The lowest BCUT2D eigenvalue weighted by Crippen LogP contribution is -2.14. The van der Waals surface area contributed by atoms with Crippen LogP contribution < -0.4 is 0 Å². The highest BCUT2D eigenvalue weighted by atomic mass is 32.2. The molecule has 0 unspecified atom stereocenters. The van der Waals surface area contributed by atoms with Crippen molar-refractivity contribution in [2.24, 2.45) is 0 Å². The number of aromatic nitrogens is 4. The number of ketones is 1. The first-order valence-corrected chi connectivity index (χ1v) is 10.2. The van der Waals surface area contributed by atoms with Gasteiger partial charge in [0.25, 0.3) is 0 Å². The number of methoxy groups -OCH3 is 1. The van der Waals surface area contributed by atoms with Crippen LogP contribution >= 0.6 is 11.8 Å². The van der Waals surface area contributed by atoms with E-state index >= 15 is 0 Å². The van der Waals surface area contributed by atoms with Crippen molar-refractivity contribution in [1.29, 1.82) is 0 Å². The predicted octanol–water partition coefficient (Wildman–Crippen LogP) is 4.38. The zero-order chi connectivity index (χ0) is 20.3. The van der Waals surface area contributed by atoms with Crippen LogP contribution in [0.1, 0.15) is 40.3 Å². The fourth-order valence-electron chi connectivity index (χ4n) is 3.41. The summed E-state index contributed by atoms with van der Waals surface area (Å²) in [4.78, 5) is 17.3. The van der Waals surface area contributed by atoms with Gasteiger partial charge in [-0.15, -0.1) is 5.10 Å². The number of aryl methyl sites for hydroxylation is 2. The average molecular weight is 399 g/mol. The lowest BCUT2D eigenvalue weighted by molar-refractivity contribution is 0.102. The third kappa shape index (κ3) is 4.36. The first-order valence-electron chi connectivity index (χ1n) is 9.23. The van der Waals surface area contributed by atoms with Gasteiger partial charge in [-0.2, -0.15) is 0 Å². The second-order valence-corrected chi connectivity index (χ2v) is 7.95. The van der Waals surface area contributed by atoms with E-state index in [4.69, 9.17) is 4.74 Å². The molecule has 7 heteroatoms. The molecule has 0 fully saturated rings. The highest BCUT2D eigenvalue weighted by Gasteiger charge is 2.19. The summed E-state index contributed by atoms with van der Waals surface area (Å²) in [5, 5.41) is 7.75. The van der Waals surface area contributed by atoms with Crippen LogP contribution in [0.3, 0.4) is 0 Å². The number of H-pyrrole nitrogens is 1. The predicted molar refractivity (Wildman–Crippen MR) is 112 cm³/mol. The number of nitrogens with zero attached hydrogens (tertiary/aromatic N) is 3. The van der Waals surface area contributed by atoms with Gasteiger partial charge < -0.3 is 9.30 Å². The Balaban J connectivity index is 1.68. The van der Waals surface area contributed by atoms with Gasteiger partial charge in [-0.05, 0) is 33.8 Å². The molecule has 0 aliphatic rings. The Labute approximate surface area is 169 Å². The molecule has 1 aromatic carbocycles. The van der Waals surface area contributed by atoms with Crippen LogP contribution in [-0.2, 0) is 4.74 Å². The maximum absolute atomic E-state index is 12.8. The smallest absolute Gasteiger partial charge is 0.209 e. The van der Waals surface area contributed by atoms with E-state index in [-0.39, 0.29) is 11.8 Å². The molecule has 0 saturated heterocycles. The summed E-state index contributed by atoms with van der Waals surface area (Å²) in [5.74, 6) is 1.09. The highest BCUT2D eigenvalue weighted by Crippen LogP contribution is 2.24. The molecule has 0 aliphatic carbocycles. The van der Waals surface area contributed by atoms with Gasteiger partial charge in [0.15, 0.2) is 11.6 Å². The zero-order valence-electron chi connectivity index (χ0n) is 16.9. The number of carbonyl (C=O) groups excluding carboxylic acids is 1. The van der Waals surface area contributed by atoms with Crippen LogP contribution in [0.4, 0.5) is 0 Å². The lowest BCUT2D eigenvalue weighted by atomic mass is 10.1. The Morgan fingerprint density at radius 2 is 1.96 bits per heavy atom. The number of carbonyl (C=O) groups is 1. The number of ether oxygens (including phenoxy) is 1. The van der Waals surface area contributed by atoms with Gasteiger partial charge in [-0.3, -0.25) is 9.89 Å². The summed E-state index contributed by atoms with van der Waals surface area (Å²) in [6.45, 7) is 8.75. The van der Waals surface area contributed by atoms with Crippen molar-refractivity contribution < 1.29 is 9.53 Å². The second kappa shape index (κ2) is 8.75. The van der Waals surface area contributed by atoms with Gasteiger partial charge in [0.2, 0.25) is 5.16 Å². The number of rotatable bonds is 8. The van der Waals surface area contributed by atoms with E-state index in [0.717, 1.165) is 22.5 Å². The summed E-state index contributed by atoms with van der Waals surface area (Å²) in [6.07, 6.45) is 0. The topological polar surface area (TPSA) is 72.8 Å². The number of Topliss-reactive ketones (excluding diaryl/α,β-unsaturated/α-hetero) is 1. The van der Waals surface area contributed by atoms with E-state index in [1.807, 2.05) is 51.1 Å². The summed E-state index contributed by atoms with van der Waals surface area (Å²) < 4.78 is 7.41. The fourth-order valence-corrected chi connectivity index (χ4v) is 4.09. The largest absolute Gasteiger partial charge is 0.383 e. The van der Waals surface area contributed by atoms with Crippen molar-refractivity contribution in [2.75, 3.05) is 19.5 Å². The van der Waals surface area contributed by atoms with Crippen molar-refractivity contribution >= 4 is 17.5 Å². The summed E-state index contributed by atoms with van der Waals surface area (Å²) >= 11 is 1.35. The summed E-state index contributed by atoms with van der Waals surface area (Å²) in [7, 11) is 1.69. The van der Waals surface area contributed by atoms with E-state index in [2.05, 4.69) is 26.7 Å². The molecule has 2 aromatic heterocycles. The van der Waals surface area contributed by atoms with Crippen molar-refractivity contribution in [1.82, 2.24) is 19.7 Å². The van der Waals surface area contributed by atoms with Gasteiger partial charge in [0, 0.05) is 29.6 Å². The van der Waals surface area contributed by atoms with Crippen molar-refractivity contribution in [3.8, 4) is 11.4 Å². The number of hydrogen-bond acceptors (Lipinski definition) is 5. The Bertz CT molecular complexity index is 959. The van der Waals surface area contributed by atoms with E-state index in [1.54, 1.807) is 7.11 Å². The van der Waals surface area contributed by atoms with Gasteiger partial charge in [0.05, 0.1) is 18.4 Å². The van der Waals surface area contributed by atoms with E-state index in [1.165, 1.54) is 17.3 Å². The molecular weight excluding hydrogens is 372 g/mol. The average Bonchev–Trinajstić information content (AvgIpc) is 3.25. The van der Waals surface area contributed by atoms with Crippen LogP contribution in [0.15, 0.2) is 35.5 Å². The molecule has 1 atom stereocenters. The van der Waals surface area contributed by atoms with Gasteiger partial charge in [0.1, 0.15) is 0 Å². The van der Waals surface area contributed by atoms with E-state index < -0.39 is 0 Å². The minimum atomic E-state index is 0.0793. The summed E-state index contributed by atoms with van der Waals surface area (Å²) in [5.41, 5.74) is 4.97. The first kappa shape index (κ1) is 20.4. The van der Waals surface area contributed by atoms with Crippen LogP contribution in [-0.4, -0.2) is 45.0 Å². The summed E-state index contributed by atoms with van der Waals surface area (Å²) in [6, 6.07) is 10.2. The Morgan fingerprint density at radius 1 is 1.25 bits per heavy atom. The maximum Gasteiger partial charge on any atom is 0.209 e. The van der Waals surface area contributed by atoms with Crippen LogP contribution in [0.25, 0.3) is 11.4 Å². The Kier molecular flexibility index (Phi) is 6.36. The lowest BCUT2D eigenvalue weighted by Gasteiger charge is -2.17.